The average molecular weight is 389 g/mol. The molecule has 2 atom stereocenters. The zero-order valence-corrected chi connectivity index (χ0v) is 15.6. The van der Waals surface area contributed by atoms with E-state index in [1.54, 1.807) is 17.0 Å². The summed E-state index contributed by atoms with van der Waals surface area (Å²) in [6.07, 6.45) is -0.268. The van der Waals surface area contributed by atoms with Gasteiger partial charge in [-0.25, -0.2) is 9.59 Å². The van der Waals surface area contributed by atoms with Gasteiger partial charge in [0.05, 0.1) is 24.8 Å². The number of carboxylic acids is 1. The topological polar surface area (TPSA) is 78.9 Å². The minimum Gasteiger partial charge on any atom is -0.478 e. The van der Waals surface area contributed by atoms with Crippen LogP contribution in [0.5, 0.6) is 0 Å². The lowest BCUT2D eigenvalue weighted by molar-refractivity contribution is -0.0427. The third-order valence-corrected chi connectivity index (χ3v) is 4.93. The van der Waals surface area contributed by atoms with Gasteiger partial charge in [0, 0.05) is 17.1 Å². The molecule has 0 saturated carbocycles. The van der Waals surface area contributed by atoms with Gasteiger partial charge < -0.3 is 20.1 Å². The van der Waals surface area contributed by atoms with Crippen molar-refractivity contribution in [2.75, 3.05) is 13.2 Å². The molecule has 0 spiro atoms. The summed E-state index contributed by atoms with van der Waals surface area (Å²) in [4.78, 5) is 25.3. The van der Waals surface area contributed by atoms with E-state index in [0.717, 1.165) is 11.1 Å². The molecule has 27 heavy (non-hydrogen) atoms. The van der Waals surface area contributed by atoms with Gasteiger partial charge >= 0.3 is 12.0 Å². The first-order valence-corrected chi connectivity index (χ1v) is 9.06. The molecule has 0 aliphatic carbocycles. The summed E-state index contributed by atoms with van der Waals surface area (Å²) in [5, 5.41) is 12.4. The Labute approximate surface area is 162 Å². The molecule has 2 N–H and O–H groups in total. The molecular formula is C20H21ClN2O4. The third kappa shape index (κ3) is 4.59. The molecule has 2 aromatic carbocycles. The van der Waals surface area contributed by atoms with E-state index >= 15 is 0 Å². The van der Waals surface area contributed by atoms with Gasteiger partial charge in [0.2, 0.25) is 0 Å². The SMILES string of the molecule is CC1COC(c2ccccc2Cl)CN1C(=O)NCc1ccc(C(=O)O)cc1. The number of halogens is 1. The van der Waals surface area contributed by atoms with Gasteiger partial charge in [-0.1, -0.05) is 41.9 Å². The number of aromatic carboxylic acids is 1. The zero-order chi connectivity index (χ0) is 19.4. The number of nitrogens with one attached hydrogen (secondary N) is 1. The van der Waals surface area contributed by atoms with Crippen LogP contribution in [0.25, 0.3) is 0 Å². The molecule has 7 heteroatoms. The molecule has 1 aliphatic heterocycles. The minimum atomic E-state index is -0.974. The van der Waals surface area contributed by atoms with Crippen LogP contribution >= 0.6 is 11.6 Å². The summed E-state index contributed by atoms with van der Waals surface area (Å²) >= 11 is 6.26. The molecule has 1 fully saturated rings. The summed E-state index contributed by atoms with van der Waals surface area (Å²) < 4.78 is 5.87. The molecule has 3 rings (SSSR count). The molecule has 1 heterocycles. The van der Waals surface area contributed by atoms with E-state index in [4.69, 9.17) is 21.4 Å². The van der Waals surface area contributed by atoms with E-state index in [2.05, 4.69) is 5.32 Å². The second kappa shape index (κ2) is 8.41. The summed E-state index contributed by atoms with van der Waals surface area (Å²) in [5.41, 5.74) is 1.92. The van der Waals surface area contributed by atoms with E-state index in [-0.39, 0.29) is 23.7 Å². The highest BCUT2D eigenvalue weighted by atomic mass is 35.5. The van der Waals surface area contributed by atoms with E-state index in [0.29, 0.717) is 24.7 Å². The predicted octanol–water partition coefficient (Wildman–Crippen LogP) is 3.71. The monoisotopic (exact) mass is 388 g/mol. The number of hydrogen-bond acceptors (Lipinski definition) is 3. The Morgan fingerprint density at radius 1 is 1.22 bits per heavy atom. The summed E-state index contributed by atoms with van der Waals surface area (Å²) in [6.45, 7) is 3.09. The molecule has 0 aromatic heterocycles. The van der Waals surface area contributed by atoms with E-state index < -0.39 is 5.97 Å². The normalized spacial score (nSPS) is 19.6. The van der Waals surface area contributed by atoms with Gasteiger partial charge in [-0.2, -0.15) is 0 Å². The Kier molecular flexibility index (Phi) is 5.98. The van der Waals surface area contributed by atoms with E-state index in [1.165, 1.54) is 12.1 Å². The zero-order valence-electron chi connectivity index (χ0n) is 14.9. The highest BCUT2D eigenvalue weighted by molar-refractivity contribution is 6.31. The van der Waals surface area contributed by atoms with Gasteiger partial charge in [-0.15, -0.1) is 0 Å². The van der Waals surface area contributed by atoms with Gasteiger partial charge in [0.1, 0.15) is 6.10 Å². The van der Waals surface area contributed by atoms with Crippen LogP contribution in [0.15, 0.2) is 48.5 Å². The molecule has 0 bridgehead atoms. The van der Waals surface area contributed by atoms with Crippen molar-refractivity contribution >= 4 is 23.6 Å². The number of carboxylic acid groups (broad SMARTS) is 1. The molecule has 2 aromatic rings. The van der Waals surface area contributed by atoms with Crippen molar-refractivity contribution < 1.29 is 19.4 Å². The fraction of sp³-hybridized carbons (Fsp3) is 0.300. The van der Waals surface area contributed by atoms with Crippen LogP contribution in [0.1, 0.15) is 34.5 Å². The van der Waals surface area contributed by atoms with Crippen LogP contribution in [0, 0.1) is 0 Å². The number of hydrogen-bond donors (Lipinski definition) is 2. The van der Waals surface area contributed by atoms with Crippen LogP contribution in [-0.2, 0) is 11.3 Å². The number of nitrogens with zero attached hydrogens (tertiary/aromatic N) is 1. The van der Waals surface area contributed by atoms with E-state index in [9.17, 15) is 9.59 Å². The van der Waals surface area contributed by atoms with Gasteiger partial charge in [0.25, 0.3) is 0 Å². The molecule has 2 amide bonds. The number of amides is 2. The number of rotatable bonds is 4. The standard InChI is InChI=1S/C20H21ClN2O4/c1-13-12-27-18(16-4-2-3-5-17(16)21)11-23(13)20(26)22-10-14-6-8-15(9-7-14)19(24)25/h2-9,13,18H,10-12H2,1H3,(H,22,26)(H,24,25). The molecule has 1 saturated heterocycles. The van der Waals surface area contributed by atoms with Crippen molar-refractivity contribution in [1.29, 1.82) is 0 Å². The Bertz CT molecular complexity index is 825. The number of carbonyl (C=O) groups is 2. The molecule has 1 aliphatic rings. The molecule has 0 radical (unpaired) electrons. The quantitative estimate of drug-likeness (QED) is 0.836. The molecular weight excluding hydrogens is 368 g/mol. The van der Waals surface area contributed by atoms with Crippen LogP contribution in [0.4, 0.5) is 4.79 Å². The van der Waals surface area contributed by atoms with Crippen molar-refractivity contribution in [3.05, 3.63) is 70.2 Å². The second-order valence-electron chi connectivity index (χ2n) is 6.51. The van der Waals surface area contributed by atoms with Crippen molar-refractivity contribution in [2.45, 2.75) is 25.6 Å². The first-order chi connectivity index (χ1) is 13.0. The van der Waals surface area contributed by atoms with Gasteiger partial charge in [0.15, 0.2) is 0 Å². The highest BCUT2D eigenvalue weighted by Crippen LogP contribution is 2.29. The fourth-order valence-corrected chi connectivity index (χ4v) is 3.27. The van der Waals surface area contributed by atoms with Gasteiger partial charge in [-0.3, -0.25) is 0 Å². The number of urea groups is 1. The molecule has 142 valence electrons. The Morgan fingerprint density at radius 3 is 2.59 bits per heavy atom. The van der Waals surface area contributed by atoms with E-state index in [1.807, 2.05) is 31.2 Å². The third-order valence-electron chi connectivity index (χ3n) is 4.59. The molecule has 2 unspecified atom stereocenters. The lowest BCUT2D eigenvalue weighted by atomic mass is 10.1. The van der Waals surface area contributed by atoms with Crippen molar-refractivity contribution in [1.82, 2.24) is 10.2 Å². The highest BCUT2D eigenvalue weighted by Gasteiger charge is 2.31. The van der Waals surface area contributed by atoms with Crippen LogP contribution in [0.2, 0.25) is 5.02 Å². The smallest absolute Gasteiger partial charge is 0.335 e. The number of morpholine rings is 1. The maximum atomic E-state index is 12.7. The number of ether oxygens (including phenoxy) is 1. The minimum absolute atomic E-state index is 0.0573. The lowest BCUT2D eigenvalue weighted by Crippen LogP contribution is -2.51. The largest absolute Gasteiger partial charge is 0.478 e. The summed E-state index contributed by atoms with van der Waals surface area (Å²) in [5.74, 6) is -0.974. The van der Waals surface area contributed by atoms with Crippen molar-refractivity contribution in [3.63, 3.8) is 0 Å². The predicted molar refractivity (Wildman–Crippen MR) is 102 cm³/mol. The van der Waals surface area contributed by atoms with Crippen LogP contribution < -0.4 is 5.32 Å². The van der Waals surface area contributed by atoms with Crippen LogP contribution in [0.3, 0.4) is 0 Å². The van der Waals surface area contributed by atoms with Gasteiger partial charge in [-0.05, 0) is 30.7 Å². The summed E-state index contributed by atoms with van der Waals surface area (Å²) in [6, 6.07) is 13.7. The fourth-order valence-electron chi connectivity index (χ4n) is 3.01. The summed E-state index contributed by atoms with van der Waals surface area (Å²) in [7, 11) is 0. The Hall–Kier alpha value is -2.57. The molecule has 6 nitrogen and oxygen atoms in total. The second-order valence-corrected chi connectivity index (χ2v) is 6.91. The Morgan fingerprint density at radius 2 is 1.93 bits per heavy atom. The maximum absolute atomic E-state index is 12.7. The first-order valence-electron chi connectivity index (χ1n) is 8.68. The van der Waals surface area contributed by atoms with Crippen LogP contribution in [-0.4, -0.2) is 41.2 Å². The first kappa shape index (κ1) is 19.2. The lowest BCUT2D eigenvalue weighted by Gasteiger charge is -2.38. The van der Waals surface area contributed by atoms with Crippen molar-refractivity contribution in [2.24, 2.45) is 0 Å². The number of benzene rings is 2. The van der Waals surface area contributed by atoms with Crippen molar-refractivity contribution in [3.8, 4) is 0 Å². The number of carbonyl (C=O) groups excluding carboxylic acids is 1. The maximum Gasteiger partial charge on any atom is 0.335 e. The average Bonchev–Trinajstić information content (AvgIpc) is 2.67. The Balaban J connectivity index is 1.62.